The second kappa shape index (κ2) is 9.17. The average Bonchev–Trinajstić information content (AvgIpc) is 3.29. The van der Waals surface area contributed by atoms with Gasteiger partial charge >= 0.3 is 5.69 Å². The second-order valence-corrected chi connectivity index (χ2v) is 9.24. The lowest BCUT2D eigenvalue weighted by Gasteiger charge is -2.24. The van der Waals surface area contributed by atoms with Crippen LogP contribution in [0.15, 0.2) is 46.3 Å². The number of aromatic hydroxyl groups is 1. The first-order valence-corrected chi connectivity index (χ1v) is 12.1. The summed E-state index contributed by atoms with van der Waals surface area (Å²) in [5.74, 6) is -0.319. The van der Waals surface area contributed by atoms with Crippen molar-refractivity contribution < 1.29 is 15.0 Å². The summed E-state index contributed by atoms with van der Waals surface area (Å²) >= 11 is 0. The van der Waals surface area contributed by atoms with Gasteiger partial charge in [-0.1, -0.05) is 30.3 Å². The summed E-state index contributed by atoms with van der Waals surface area (Å²) < 4.78 is 1.49. The van der Waals surface area contributed by atoms with E-state index in [0.29, 0.717) is 29.4 Å². The lowest BCUT2D eigenvalue weighted by molar-refractivity contribution is -0.131. The van der Waals surface area contributed by atoms with Crippen molar-refractivity contribution in [1.82, 2.24) is 34.4 Å². The minimum Gasteiger partial charge on any atom is -0.493 e. The third-order valence-electron chi connectivity index (χ3n) is 6.39. The van der Waals surface area contributed by atoms with Gasteiger partial charge in [-0.2, -0.15) is 19.6 Å². The number of aliphatic hydroxyl groups excluding tert-OH is 1. The predicted molar refractivity (Wildman–Crippen MR) is 131 cm³/mol. The van der Waals surface area contributed by atoms with Gasteiger partial charge in [0.1, 0.15) is 11.7 Å². The molecule has 0 radical (unpaired) electrons. The van der Waals surface area contributed by atoms with E-state index < -0.39 is 17.8 Å². The van der Waals surface area contributed by atoms with E-state index in [4.69, 9.17) is 0 Å². The van der Waals surface area contributed by atoms with Crippen molar-refractivity contribution in [2.75, 3.05) is 18.4 Å². The van der Waals surface area contributed by atoms with Crippen molar-refractivity contribution in [1.29, 1.82) is 0 Å². The molecule has 1 aliphatic heterocycles. The summed E-state index contributed by atoms with van der Waals surface area (Å²) in [6.07, 6.45) is 4.97. The number of anilines is 1. The first-order chi connectivity index (χ1) is 17.9. The summed E-state index contributed by atoms with van der Waals surface area (Å²) in [5, 5.41) is 28.0. The van der Waals surface area contributed by atoms with Gasteiger partial charge in [-0.3, -0.25) is 9.78 Å². The van der Waals surface area contributed by atoms with Gasteiger partial charge in [0.15, 0.2) is 5.65 Å². The largest absolute Gasteiger partial charge is 0.493 e. The lowest BCUT2D eigenvalue weighted by atomic mass is 10.1. The van der Waals surface area contributed by atoms with E-state index in [2.05, 4.69) is 35.3 Å². The number of aromatic nitrogens is 6. The Morgan fingerprint density at radius 2 is 2.00 bits per heavy atom. The van der Waals surface area contributed by atoms with Crippen LogP contribution >= 0.6 is 0 Å². The maximum absolute atomic E-state index is 13.5. The number of hydrogen-bond acceptors (Lipinski definition) is 9. The molecule has 4 heterocycles. The molecule has 4 aromatic rings. The number of carbonyl (C=O) groups excluding carboxylic acids is 1. The Hall–Kier alpha value is -4.52. The molecule has 1 aromatic carbocycles. The third-order valence-corrected chi connectivity index (χ3v) is 6.39. The smallest absolute Gasteiger partial charge is 0.326 e. The number of amides is 1. The first kappa shape index (κ1) is 22.9. The van der Waals surface area contributed by atoms with Gasteiger partial charge in [-0.05, 0) is 30.9 Å². The zero-order chi connectivity index (χ0) is 25.5. The molecule has 1 saturated carbocycles. The fourth-order valence-corrected chi connectivity index (χ4v) is 4.33. The van der Waals surface area contributed by atoms with Crippen molar-refractivity contribution in [2.24, 2.45) is 4.99 Å². The number of β-amino-alcohol motifs (C(OH)–C–C–N with tert-alkyl or cyclic N) is 1. The fourth-order valence-electron chi connectivity index (χ4n) is 4.33. The number of carbonyl (C=O) groups is 1. The van der Waals surface area contributed by atoms with Crippen molar-refractivity contribution in [3.63, 3.8) is 0 Å². The van der Waals surface area contributed by atoms with Gasteiger partial charge in [0, 0.05) is 18.3 Å². The van der Waals surface area contributed by atoms with Crippen LogP contribution in [0.25, 0.3) is 11.7 Å². The second-order valence-electron chi connectivity index (χ2n) is 9.24. The van der Waals surface area contributed by atoms with Gasteiger partial charge < -0.3 is 25.4 Å². The van der Waals surface area contributed by atoms with Crippen LogP contribution in [0, 0.1) is 0 Å². The minimum absolute atomic E-state index is 0.144. The number of likely N-dealkylation sites (tertiary alicyclic amines) is 1. The van der Waals surface area contributed by atoms with Crippen LogP contribution in [0.5, 0.6) is 5.88 Å². The molecule has 3 aromatic heterocycles. The van der Waals surface area contributed by atoms with Gasteiger partial charge in [0.25, 0.3) is 5.62 Å². The molecule has 2 atom stereocenters. The Kier molecular flexibility index (Phi) is 5.68. The number of aromatic amines is 2. The van der Waals surface area contributed by atoms with Crippen molar-refractivity contribution >= 4 is 23.6 Å². The molecule has 0 spiro atoms. The molecule has 0 bridgehead atoms. The predicted octanol–water partition coefficient (Wildman–Crippen LogP) is -0.796. The highest BCUT2D eigenvalue weighted by molar-refractivity contribution is 5.86. The fraction of sp³-hybridized carbons (Fsp3) is 0.333. The van der Waals surface area contributed by atoms with Crippen molar-refractivity contribution in [2.45, 2.75) is 37.5 Å². The minimum atomic E-state index is -0.789. The van der Waals surface area contributed by atoms with Crippen LogP contribution in [0.1, 0.15) is 36.6 Å². The van der Waals surface area contributed by atoms with Gasteiger partial charge in [-0.15, -0.1) is 0 Å². The number of nitrogens with zero attached hydrogens (tertiary/aromatic N) is 6. The van der Waals surface area contributed by atoms with Gasteiger partial charge in [-0.25, -0.2) is 9.79 Å². The standard InChI is InChI=1S/C24H25N9O4/c34-16-8-9-32(12-16)21(36)18(13-4-2-1-3-5-13)28-22-29-19-14(10-17-20(35)30-24(37)27-17)11-25-33(19)23(31-22)26-15-6-7-15/h1-5,10-11,15-16,18,34-35H,6-9,12H2,(H,26,28,31)(H2,27,30,37)/b14-10+/t16-,18-/m0/s1. The monoisotopic (exact) mass is 503 g/mol. The third kappa shape index (κ3) is 4.68. The lowest BCUT2D eigenvalue weighted by Crippen LogP contribution is -2.38. The number of H-pyrrole nitrogens is 2. The van der Waals surface area contributed by atoms with E-state index in [0.717, 1.165) is 18.4 Å². The molecule has 13 heteroatoms. The number of aliphatic hydroxyl groups is 1. The van der Waals surface area contributed by atoms with E-state index in [1.54, 1.807) is 11.0 Å². The van der Waals surface area contributed by atoms with Crippen molar-refractivity contribution in [3.8, 4) is 5.88 Å². The first-order valence-electron chi connectivity index (χ1n) is 12.1. The Bertz CT molecular complexity index is 1640. The van der Waals surface area contributed by atoms with Crippen molar-refractivity contribution in [3.05, 3.63) is 69.1 Å². The average molecular weight is 504 g/mol. The molecule has 5 N–H and O–H groups in total. The van der Waals surface area contributed by atoms with Crippen LogP contribution in [-0.2, 0) is 4.79 Å². The summed E-state index contributed by atoms with van der Waals surface area (Å²) in [6.45, 7) is 0.735. The zero-order valence-electron chi connectivity index (χ0n) is 19.7. The highest BCUT2D eigenvalue weighted by atomic mass is 16.3. The summed E-state index contributed by atoms with van der Waals surface area (Å²) in [6, 6.07) is 8.62. The van der Waals surface area contributed by atoms with Crippen LogP contribution in [0.4, 0.5) is 5.95 Å². The number of rotatable bonds is 6. The van der Waals surface area contributed by atoms with Gasteiger partial charge in [0.2, 0.25) is 17.7 Å². The maximum Gasteiger partial charge on any atom is 0.326 e. The highest BCUT2D eigenvalue weighted by Gasteiger charge is 2.32. The molecule has 2 fully saturated rings. The van der Waals surface area contributed by atoms with Crippen LogP contribution in [0.2, 0.25) is 0 Å². The Labute approximate surface area is 209 Å². The molecule has 1 amide bonds. The SMILES string of the molecule is O=C([C@@H](Nc1nc(=NC2CC2)n2nc/c(=C\c3[nH]c(=O)[nH]c3O)c2n1)c1ccccc1)N1CC[C@H](O)C1. The Balaban J connectivity index is 1.45. The number of fused-ring (bicyclic) bond motifs is 1. The Morgan fingerprint density at radius 3 is 2.68 bits per heavy atom. The number of benzene rings is 1. The quantitative estimate of drug-likeness (QED) is 0.227. The number of hydrogen-bond donors (Lipinski definition) is 5. The zero-order valence-corrected chi connectivity index (χ0v) is 19.7. The van der Waals surface area contributed by atoms with Gasteiger partial charge in [0.05, 0.1) is 18.3 Å². The molecule has 190 valence electrons. The Morgan fingerprint density at radius 1 is 1.19 bits per heavy atom. The molecule has 37 heavy (non-hydrogen) atoms. The van der Waals surface area contributed by atoms with Crippen LogP contribution < -0.4 is 21.8 Å². The molecular formula is C24H25N9O4. The van der Waals surface area contributed by atoms with E-state index in [-0.39, 0.29) is 36.0 Å². The van der Waals surface area contributed by atoms with Crippen LogP contribution in [-0.4, -0.2) is 75.8 Å². The number of imidazole rings is 1. The molecule has 2 aliphatic rings. The van der Waals surface area contributed by atoms with E-state index in [9.17, 15) is 19.8 Å². The number of nitrogens with one attached hydrogen (secondary N) is 3. The summed E-state index contributed by atoms with van der Waals surface area (Å²) in [7, 11) is 0. The molecule has 6 rings (SSSR count). The molecule has 1 saturated heterocycles. The molecular weight excluding hydrogens is 478 g/mol. The topological polar surface area (TPSA) is 177 Å². The molecule has 13 nitrogen and oxygen atoms in total. The summed E-state index contributed by atoms with van der Waals surface area (Å²) in [4.78, 5) is 45.4. The normalized spacial score (nSPS) is 19.6. The maximum atomic E-state index is 13.5. The van der Waals surface area contributed by atoms with E-state index in [1.165, 1.54) is 10.7 Å². The highest BCUT2D eigenvalue weighted by Crippen LogP contribution is 2.24. The molecule has 0 unspecified atom stereocenters. The molecule has 1 aliphatic carbocycles. The summed E-state index contributed by atoms with van der Waals surface area (Å²) in [5.41, 5.74) is 1.08. The van der Waals surface area contributed by atoms with E-state index in [1.807, 2.05) is 30.3 Å². The van der Waals surface area contributed by atoms with E-state index >= 15 is 0 Å². The van der Waals surface area contributed by atoms with Crippen LogP contribution in [0.3, 0.4) is 0 Å².